The molecule has 2 aromatic rings. The predicted molar refractivity (Wildman–Crippen MR) is 76.3 cm³/mol. The molecule has 0 spiro atoms. The molecule has 0 fully saturated rings. The van der Waals surface area contributed by atoms with E-state index in [2.05, 4.69) is 10.3 Å². The van der Waals surface area contributed by atoms with Crippen LogP contribution in [0, 0.1) is 5.82 Å². The molecule has 102 valence electrons. The van der Waals surface area contributed by atoms with Crippen molar-refractivity contribution < 1.29 is 9.13 Å². The Morgan fingerprint density at radius 1 is 1.47 bits per heavy atom. The van der Waals surface area contributed by atoms with Gasteiger partial charge in [0.15, 0.2) is 11.6 Å². The maximum Gasteiger partial charge on any atom is 0.167 e. The lowest BCUT2D eigenvalue weighted by Gasteiger charge is -2.12. The van der Waals surface area contributed by atoms with Crippen LogP contribution in [0.1, 0.15) is 11.9 Å². The Morgan fingerprint density at radius 2 is 2.32 bits per heavy atom. The van der Waals surface area contributed by atoms with Crippen LogP contribution in [0.2, 0.25) is 0 Å². The molecule has 6 heteroatoms. The van der Waals surface area contributed by atoms with Crippen molar-refractivity contribution in [2.24, 2.45) is 0 Å². The van der Waals surface area contributed by atoms with Gasteiger partial charge in [-0.3, -0.25) is 0 Å². The minimum atomic E-state index is -0.440. The molecular weight excluding hydrogens is 265 g/mol. The number of nitrogens with zero attached hydrogens (tertiary/aromatic N) is 1. The summed E-state index contributed by atoms with van der Waals surface area (Å²) in [5, 5.41) is 6.17. The molecule has 0 bridgehead atoms. The third-order valence-electron chi connectivity index (χ3n) is 2.54. The number of ether oxygens (including phenoxy) is 1. The summed E-state index contributed by atoms with van der Waals surface area (Å²) in [6.07, 6.45) is 2.58. The number of hydrogen-bond donors (Lipinski definition) is 2. The second kappa shape index (κ2) is 6.38. The van der Waals surface area contributed by atoms with Crippen LogP contribution in [0.25, 0.3) is 0 Å². The average molecular weight is 281 g/mol. The maximum atomic E-state index is 13.5. The van der Waals surface area contributed by atoms with Gasteiger partial charge in [0.25, 0.3) is 0 Å². The summed E-state index contributed by atoms with van der Waals surface area (Å²) in [5.74, 6) is -0.224. The van der Waals surface area contributed by atoms with Crippen LogP contribution in [0.3, 0.4) is 0 Å². The van der Waals surface area contributed by atoms with Crippen LogP contribution < -0.4 is 15.8 Å². The van der Waals surface area contributed by atoms with E-state index in [1.54, 1.807) is 23.6 Å². The fourth-order valence-electron chi connectivity index (χ4n) is 1.67. The second-order valence-corrected chi connectivity index (χ2v) is 4.88. The fourth-order valence-corrected chi connectivity index (χ4v) is 2.29. The molecule has 4 nitrogen and oxygen atoms in total. The van der Waals surface area contributed by atoms with Gasteiger partial charge in [0, 0.05) is 36.7 Å². The second-order valence-electron chi connectivity index (χ2n) is 3.91. The van der Waals surface area contributed by atoms with Crippen molar-refractivity contribution in [2.75, 3.05) is 24.2 Å². The Balaban J connectivity index is 2.00. The summed E-state index contributed by atoms with van der Waals surface area (Å²) in [6, 6.07) is 2.87. The standard InChI is InChI=1S/C13H16FN3OS/c1-2-18-12-8-11(10(15)7-9(12)14)16-4-3-13-17-5-6-19-13/h5-8,16H,2-4,15H2,1H3. The monoisotopic (exact) mass is 281 g/mol. The lowest BCUT2D eigenvalue weighted by Crippen LogP contribution is -2.08. The molecule has 3 N–H and O–H groups in total. The number of nitrogens with two attached hydrogens (primary N) is 1. The maximum absolute atomic E-state index is 13.5. The van der Waals surface area contributed by atoms with Crippen molar-refractivity contribution in [3.05, 3.63) is 34.5 Å². The molecule has 0 saturated carbocycles. The van der Waals surface area contributed by atoms with E-state index in [0.717, 1.165) is 11.4 Å². The van der Waals surface area contributed by atoms with Crippen molar-refractivity contribution in [1.82, 2.24) is 4.98 Å². The smallest absolute Gasteiger partial charge is 0.167 e. The van der Waals surface area contributed by atoms with Crippen LogP contribution in [-0.4, -0.2) is 18.1 Å². The molecule has 0 radical (unpaired) electrons. The number of anilines is 2. The van der Waals surface area contributed by atoms with E-state index >= 15 is 0 Å². The van der Waals surface area contributed by atoms with Gasteiger partial charge in [-0.05, 0) is 6.92 Å². The van der Waals surface area contributed by atoms with Crippen LogP contribution >= 0.6 is 11.3 Å². The number of nitrogen functional groups attached to an aromatic ring is 1. The number of halogens is 1. The lowest BCUT2D eigenvalue weighted by molar-refractivity contribution is 0.322. The number of benzene rings is 1. The molecule has 0 aliphatic rings. The highest BCUT2D eigenvalue weighted by molar-refractivity contribution is 7.09. The largest absolute Gasteiger partial charge is 0.491 e. The van der Waals surface area contributed by atoms with Crippen molar-refractivity contribution in [3.8, 4) is 5.75 Å². The van der Waals surface area contributed by atoms with E-state index in [1.165, 1.54) is 6.07 Å². The minimum absolute atomic E-state index is 0.216. The van der Waals surface area contributed by atoms with Gasteiger partial charge in [0.05, 0.1) is 23.0 Å². The van der Waals surface area contributed by atoms with Crippen molar-refractivity contribution in [3.63, 3.8) is 0 Å². The van der Waals surface area contributed by atoms with Crippen LogP contribution in [-0.2, 0) is 6.42 Å². The normalized spacial score (nSPS) is 10.4. The molecule has 0 aliphatic heterocycles. The molecule has 0 atom stereocenters. The zero-order chi connectivity index (χ0) is 13.7. The number of nitrogens with one attached hydrogen (secondary N) is 1. The van der Waals surface area contributed by atoms with Gasteiger partial charge in [0.2, 0.25) is 0 Å². The highest BCUT2D eigenvalue weighted by Crippen LogP contribution is 2.28. The zero-order valence-electron chi connectivity index (χ0n) is 10.6. The van der Waals surface area contributed by atoms with Gasteiger partial charge in [0.1, 0.15) is 0 Å². The van der Waals surface area contributed by atoms with E-state index < -0.39 is 5.82 Å². The van der Waals surface area contributed by atoms with Gasteiger partial charge in [-0.2, -0.15) is 0 Å². The van der Waals surface area contributed by atoms with E-state index in [1.807, 2.05) is 12.3 Å². The Hall–Kier alpha value is -1.82. The average Bonchev–Trinajstić information content (AvgIpc) is 2.88. The minimum Gasteiger partial charge on any atom is -0.491 e. The first kappa shape index (κ1) is 13.6. The first-order valence-electron chi connectivity index (χ1n) is 6.04. The Bertz CT molecular complexity index is 531. The lowest BCUT2D eigenvalue weighted by atomic mass is 10.2. The number of rotatable bonds is 6. The Morgan fingerprint density at radius 3 is 3.00 bits per heavy atom. The summed E-state index contributed by atoms with van der Waals surface area (Å²) in [4.78, 5) is 4.19. The first-order chi connectivity index (χ1) is 9.20. The van der Waals surface area contributed by atoms with Crippen molar-refractivity contribution in [1.29, 1.82) is 0 Å². The molecule has 0 amide bonds. The van der Waals surface area contributed by atoms with Gasteiger partial charge in [-0.15, -0.1) is 11.3 Å². The number of aromatic nitrogens is 1. The predicted octanol–water partition coefficient (Wildman–Crippen LogP) is 2.92. The molecular formula is C13H16FN3OS. The van der Waals surface area contributed by atoms with Crippen LogP contribution in [0.15, 0.2) is 23.7 Å². The van der Waals surface area contributed by atoms with E-state index in [4.69, 9.17) is 10.5 Å². The Kier molecular flexibility index (Phi) is 4.57. The molecule has 1 heterocycles. The molecule has 1 aromatic carbocycles. The fraction of sp³-hybridized carbons (Fsp3) is 0.308. The summed E-state index contributed by atoms with van der Waals surface area (Å²) < 4.78 is 18.7. The van der Waals surface area contributed by atoms with Crippen molar-refractivity contribution in [2.45, 2.75) is 13.3 Å². The van der Waals surface area contributed by atoms with Crippen LogP contribution in [0.4, 0.5) is 15.8 Å². The molecule has 0 aliphatic carbocycles. The summed E-state index contributed by atoms with van der Waals surface area (Å²) in [7, 11) is 0. The zero-order valence-corrected chi connectivity index (χ0v) is 11.5. The van der Waals surface area contributed by atoms with Gasteiger partial charge >= 0.3 is 0 Å². The first-order valence-corrected chi connectivity index (χ1v) is 6.92. The highest BCUT2D eigenvalue weighted by atomic mass is 32.1. The molecule has 0 unspecified atom stereocenters. The van der Waals surface area contributed by atoms with E-state index in [9.17, 15) is 4.39 Å². The van der Waals surface area contributed by atoms with E-state index in [-0.39, 0.29) is 5.75 Å². The highest BCUT2D eigenvalue weighted by Gasteiger charge is 2.08. The summed E-state index contributed by atoms with van der Waals surface area (Å²) >= 11 is 1.61. The third kappa shape index (κ3) is 3.57. The summed E-state index contributed by atoms with van der Waals surface area (Å²) in [6.45, 7) is 2.92. The quantitative estimate of drug-likeness (QED) is 0.799. The number of hydrogen-bond acceptors (Lipinski definition) is 5. The van der Waals surface area contributed by atoms with E-state index in [0.29, 0.717) is 24.5 Å². The van der Waals surface area contributed by atoms with Gasteiger partial charge < -0.3 is 15.8 Å². The van der Waals surface area contributed by atoms with Gasteiger partial charge in [-0.1, -0.05) is 0 Å². The number of thiazole rings is 1. The third-order valence-corrected chi connectivity index (χ3v) is 3.38. The summed E-state index contributed by atoms with van der Waals surface area (Å²) in [5.41, 5.74) is 6.83. The SMILES string of the molecule is CCOc1cc(NCCc2nccs2)c(N)cc1F. The molecule has 2 rings (SSSR count). The molecule has 1 aromatic heterocycles. The van der Waals surface area contributed by atoms with Crippen LogP contribution in [0.5, 0.6) is 5.75 Å². The molecule has 19 heavy (non-hydrogen) atoms. The molecule has 0 saturated heterocycles. The Labute approximate surface area is 115 Å². The topological polar surface area (TPSA) is 60.2 Å². The van der Waals surface area contributed by atoms with Crippen molar-refractivity contribution >= 4 is 22.7 Å². The van der Waals surface area contributed by atoms with Gasteiger partial charge in [-0.25, -0.2) is 9.37 Å².